The molecule has 0 aliphatic carbocycles. The van der Waals surface area contributed by atoms with Crippen LogP contribution < -0.4 is 4.74 Å². The third kappa shape index (κ3) is 2.78. The second kappa shape index (κ2) is 5.28. The minimum Gasteiger partial charge on any atom is -0.497 e. The smallest absolute Gasteiger partial charge is 0.126 e. The summed E-state index contributed by atoms with van der Waals surface area (Å²) in [6, 6.07) is 8.14. The van der Waals surface area contributed by atoms with Crippen molar-refractivity contribution >= 4 is 5.76 Å². The molecule has 0 unspecified atom stereocenters. The zero-order valence-corrected chi connectivity index (χ0v) is 12.6. The fraction of sp³-hybridized carbons (Fsp3) is 0.529. The molecule has 2 rings (SSSR count). The highest BCUT2D eigenvalue weighted by molar-refractivity contribution is 5.66. The van der Waals surface area contributed by atoms with E-state index in [-0.39, 0.29) is 5.41 Å². The van der Waals surface area contributed by atoms with Crippen molar-refractivity contribution in [1.29, 1.82) is 0 Å². The molecule has 0 aromatic heterocycles. The highest BCUT2D eigenvalue weighted by Gasteiger charge is 2.33. The van der Waals surface area contributed by atoms with Crippen molar-refractivity contribution in [2.24, 2.45) is 11.3 Å². The van der Waals surface area contributed by atoms with Gasteiger partial charge in [-0.15, -0.1) is 0 Å². The van der Waals surface area contributed by atoms with Crippen LogP contribution in [0.15, 0.2) is 29.8 Å². The molecule has 2 nitrogen and oxygen atoms in total. The lowest BCUT2D eigenvalue weighted by Crippen LogP contribution is -2.27. The number of ether oxygens (including phenoxy) is 2. The van der Waals surface area contributed by atoms with E-state index in [1.807, 2.05) is 12.1 Å². The molecule has 0 atom stereocenters. The van der Waals surface area contributed by atoms with Gasteiger partial charge in [-0.05, 0) is 35.5 Å². The van der Waals surface area contributed by atoms with E-state index in [4.69, 9.17) is 9.47 Å². The molecule has 0 N–H and O–H groups in total. The monoisotopic (exact) mass is 260 g/mol. The first-order valence-electron chi connectivity index (χ1n) is 6.97. The van der Waals surface area contributed by atoms with Gasteiger partial charge < -0.3 is 9.47 Å². The Balaban J connectivity index is 2.55. The highest BCUT2D eigenvalue weighted by Crippen LogP contribution is 2.44. The van der Waals surface area contributed by atoms with E-state index in [9.17, 15) is 0 Å². The summed E-state index contributed by atoms with van der Waals surface area (Å²) in [4.78, 5) is 0. The number of benzene rings is 1. The van der Waals surface area contributed by atoms with Gasteiger partial charge in [0.25, 0.3) is 0 Å². The van der Waals surface area contributed by atoms with Crippen LogP contribution in [0.5, 0.6) is 5.75 Å². The van der Waals surface area contributed by atoms with E-state index in [1.165, 1.54) is 5.57 Å². The Kier molecular flexibility index (Phi) is 3.88. The van der Waals surface area contributed by atoms with Crippen molar-refractivity contribution in [3.05, 3.63) is 35.4 Å². The Bertz CT molecular complexity index is 484. The largest absolute Gasteiger partial charge is 0.497 e. The first-order chi connectivity index (χ1) is 8.95. The molecule has 1 aromatic carbocycles. The molecule has 2 heteroatoms. The van der Waals surface area contributed by atoms with Crippen LogP contribution in [0.25, 0.3) is 5.76 Å². The van der Waals surface area contributed by atoms with Gasteiger partial charge in [0.1, 0.15) is 11.5 Å². The second-order valence-corrected chi connectivity index (χ2v) is 6.11. The van der Waals surface area contributed by atoms with Gasteiger partial charge >= 0.3 is 0 Å². The average molecular weight is 260 g/mol. The van der Waals surface area contributed by atoms with Gasteiger partial charge in [-0.3, -0.25) is 0 Å². The van der Waals surface area contributed by atoms with Crippen molar-refractivity contribution < 1.29 is 9.47 Å². The molecule has 1 heterocycles. The summed E-state index contributed by atoms with van der Waals surface area (Å²) >= 11 is 0. The molecule has 0 spiro atoms. The van der Waals surface area contributed by atoms with Gasteiger partial charge in [0.15, 0.2) is 0 Å². The van der Waals surface area contributed by atoms with Gasteiger partial charge in [-0.25, -0.2) is 0 Å². The van der Waals surface area contributed by atoms with Crippen molar-refractivity contribution in [3.63, 3.8) is 0 Å². The van der Waals surface area contributed by atoms with Crippen LogP contribution in [0.3, 0.4) is 0 Å². The van der Waals surface area contributed by atoms with Gasteiger partial charge in [0.2, 0.25) is 0 Å². The lowest BCUT2D eigenvalue weighted by molar-refractivity contribution is 0.180. The molecule has 0 radical (unpaired) electrons. The lowest BCUT2D eigenvalue weighted by atomic mass is 9.73. The zero-order chi connectivity index (χ0) is 14.0. The number of hydrogen-bond acceptors (Lipinski definition) is 2. The molecular formula is C17H24O2. The Hall–Kier alpha value is -1.44. The van der Waals surface area contributed by atoms with Crippen LogP contribution in [0.2, 0.25) is 0 Å². The Morgan fingerprint density at radius 2 is 2.00 bits per heavy atom. The zero-order valence-electron chi connectivity index (χ0n) is 12.6. The van der Waals surface area contributed by atoms with Gasteiger partial charge in [-0.2, -0.15) is 0 Å². The summed E-state index contributed by atoms with van der Waals surface area (Å²) in [7, 11) is 1.70. The molecule has 19 heavy (non-hydrogen) atoms. The molecule has 1 aliphatic heterocycles. The minimum atomic E-state index is 0.199. The van der Waals surface area contributed by atoms with Crippen LogP contribution in [0.4, 0.5) is 0 Å². The predicted molar refractivity (Wildman–Crippen MR) is 79.1 cm³/mol. The van der Waals surface area contributed by atoms with Crippen LogP contribution in [-0.4, -0.2) is 13.7 Å². The standard InChI is InChI=1S/C17H24O2/c1-12(2)15-16(19-10-9-17(15,3)4)13-7-6-8-14(11-13)18-5/h6-8,11-12H,9-10H2,1-5H3. The SMILES string of the molecule is COc1cccc(C2=C(C(C)C)C(C)(C)CCO2)c1. The second-order valence-electron chi connectivity index (χ2n) is 6.11. The lowest BCUT2D eigenvalue weighted by Gasteiger charge is -2.37. The fourth-order valence-electron chi connectivity index (χ4n) is 2.97. The van der Waals surface area contributed by atoms with Gasteiger partial charge in [-0.1, -0.05) is 39.8 Å². The molecular weight excluding hydrogens is 236 g/mol. The number of allylic oxidation sites excluding steroid dienone is 1. The summed E-state index contributed by atoms with van der Waals surface area (Å²) in [5.74, 6) is 2.40. The Labute approximate surface area is 116 Å². The normalized spacial score (nSPS) is 18.4. The summed E-state index contributed by atoms with van der Waals surface area (Å²) in [5.41, 5.74) is 2.73. The molecule has 0 bridgehead atoms. The van der Waals surface area contributed by atoms with Crippen LogP contribution >= 0.6 is 0 Å². The van der Waals surface area contributed by atoms with Crippen molar-refractivity contribution in [2.75, 3.05) is 13.7 Å². The quantitative estimate of drug-likeness (QED) is 0.796. The third-order valence-corrected chi connectivity index (χ3v) is 3.86. The van der Waals surface area contributed by atoms with Gasteiger partial charge in [0.05, 0.1) is 13.7 Å². The molecule has 0 amide bonds. The maximum Gasteiger partial charge on any atom is 0.126 e. The molecule has 0 saturated carbocycles. The summed E-state index contributed by atoms with van der Waals surface area (Å²) in [6.07, 6.45) is 1.08. The topological polar surface area (TPSA) is 18.5 Å². The van der Waals surface area contributed by atoms with E-state index < -0.39 is 0 Å². The van der Waals surface area contributed by atoms with E-state index >= 15 is 0 Å². The summed E-state index contributed by atoms with van der Waals surface area (Å²) in [5, 5.41) is 0. The van der Waals surface area contributed by atoms with Crippen LogP contribution in [0, 0.1) is 11.3 Å². The number of methoxy groups -OCH3 is 1. The first kappa shape index (κ1) is 14.0. The fourth-order valence-corrected chi connectivity index (χ4v) is 2.97. The highest BCUT2D eigenvalue weighted by atomic mass is 16.5. The third-order valence-electron chi connectivity index (χ3n) is 3.86. The summed E-state index contributed by atoms with van der Waals surface area (Å²) < 4.78 is 11.3. The van der Waals surface area contributed by atoms with Crippen LogP contribution in [-0.2, 0) is 4.74 Å². The van der Waals surface area contributed by atoms with Crippen molar-refractivity contribution in [2.45, 2.75) is 34.1 Å². The Morgan fingerprint density at radius 1 is 1.26 bits per heavy atom. The average Bonchev–Trinajstić information content (AvgIpc) is 2.37. The van der Waals surface area contributed by atoms with E-state index in [0.29, 0.717) is 5.92 Å². The van der Waals surface area contributed by atoms with Crippen molar-refractivity contribution in [3.8, 4) is 5.75 Å². The number of rotatable bonds is 3. The van der Waals surface area contributed by atoms with Crippen molar-refractivity contribution in [1.82, 2.24) is 0 Å². The summed E-state index contributed by atoms with van der Waals surface area (Å²) in [6.45, 7) is 9.89. The molecule has 1 aliphatic rings. The molecule has 104 valence electrons. The number of hydrogen-bond donors (Lipinski definition) is 0. The van der Waals surface area contributed by atoms with E-state index in [2.05, 4.69) is 39.8 Å². The minimum absolute atomic E-state index is 0.199. The van der Waals surface area contributed by atoms with E-state index in [1.54, 1.807) is 7.11 Å². The van der Waals surface area contributed by atoms with Crippen LogP contribution in [0.1, 0.15) is 39.7 Å². The molecule has 0 saturated heterocycles. The Morgan fingerprint density at radius 3 is 2.63 bits per heavy atom. The molecule has 0 fully saturated rings. The molecule has 1 aromatic rings. The first-order valence-corrected chi connectivity index (χ1v) is 6.97. The maximum absolute atomic E-state index is 6.00. The maximum atomic E-state index is 6.00. The predicted octanol–water partition coefficient (Wildman–Crippen LogP) is 4.51. The van der Waals surface area contributed by atoms with Gasteiger partial charge in [0, 0.05) is 5.56 Å². The van der Waals surface area contributed by atoms with E-state index in [0.717, 1.165) is 30.1 Å².